The van der Waals surface area contributed by atoms with E-state index >= 15 is 0 Å². The molecule has 0 spiro atoms. The quantitative estimate of drug-likeness (QED) is 0.0230. The summed E-state index contributed by atoms with van der Waals surface area (Å²) in [5, 5.41) is 10.2. The number of amidine groups is 2. The molecule has 0 aliphatic carbocycles. The molecule has 16 nitrogen and oxygen atoms in total. The molecule has 78 heavy (non-hydrogen) atoms. The molecule has 4 aromatic carbocycles. The van der Waals surface area contributed by atoms with Crippen LogP contribution in [0.4, 0.5) is 0 Å². The molecule has 4 aliphatic heterocycles. The van der Waals surface area contributed by atoms with Crippen molar-refractivity contribution in [2.75, 3.05) is 13.1 Å². The lowest BCUT2D eigenvalue weighted by Gasteiger charge is -2.19. The van der Waals surface area contributed by atoms with E-state index in [4.69, 9.17) is 76.8 Å². The van der Waals surface area contributed by atoms with Gasteiger partial charge in [-0.1, -0.05) is 143 Å². The van der Waals surface area contributed by atoms with Crippen LogP contribution in [-0.2, 0) is 38.1 Å². The molecule has 0 saturated carbocycles. The van der Waals surface area contributed by atoms with Gasteiger partial charge in [0.1, 0.15) is 0 Å². The Morgan fingerprint density at radius 2 is 0.897 bits per heavy atom. The summed E-state index contributed by atoms with van der Waals surface area (Å²) in [5.74, 6) is 1.31. The van der Waals surface area contributed by atoms with E-state index in [-0.39, 0.29) is 52.1 Å². The number of rotatable bonds is 14. The minimum atomic E-state index is -1.17. The van der Waals surface area contributed by atoms with E-state index in [1.807, 2.05) is 125 Å². The number of hydrogen-bond acceptors (Lipinski definition) is 10. The van der Waals surface area contributed by atoms with Gasteiger partial charge in [-0.2, -0.15) is 0 Å². The molecule has 0 aromatic heterocycles. The first-order chi connectivity index (χ1) is 36.9. The van der Waals surface area contributed by atoms with Crippen LogP contribution in [-0.4, -0.2) is 88.4 Å². The summed E-state index contributed by atoms with van der Waals surface area (Å²) in [6.07, 6.45) is 6.96. The molecule has 8 rings (SSSR count). The number of ether oxygens (including phenoxy) is 4. The smallest absolute Gasteiger partial charge is 0.289 e. The normalized spacial score (nSPS) is 21.7. The molecule has 0 bridgehead atoms. The maximum Gasteiger partial charge on any atom is 0.289 e. The number of aliphatic imine (C=N–C) groups is 2. The predicted octanol–water partition coefficient (Wildman–Crippen LogP) is 9.59. The SMILES string of the molecule is CC(N)=NCCC(Cl)C1NC(=O)/C(=C/c2ccc(C)cc2)O1.CC(N)=NCCCC1NC(=O)/C(=C/c2ccc(C)cc2)O1.Cc1ccc(/C=C2\OC(C(C)(Cl)Cl)NC2=O)cc1.Cc1ccc(/C=C2\OC(C(C)Cl)NC2=O)cc1. The van der Waals surface area contributed by atoms with Gasteiger partial charge in [0.2, 0.25) is 6.23 Å². The summed E-state index contributed by atoms with van der Waals surface area (Å²) in [4.78, 5) is 55.2. The third kappa shape index (κ3) is 20.8. The van der Waals surface area contributed by atoms with Gasteiger partial charge in [0, 0.05) is 19.5 Å². The molecule has 4 aromatic rings. The second-order valence-electron chi connectivity index (χ2n) is 18.9. The highest BCUT2D eigenvalue weighted by atomic mass is 35.5. The Bertz CT molecular complexity index is 2870. The Labute approximate surface area is 476 Å². The molecule has 416 valence electrons. The highest BCUT2D eigenvalue weighted by Crippen LogP contribution is 2.31. The topological polar surface area (TPSA) is 230 Å². The standard InChI is InChI=1S/C16H20ClN3O2.C16H21N3O2.C13H13Cl2NO2.C13H14ClNO2/c1-10-3-5-12(6-4-10)9-14-15(21)20-16(22-14)13(17)7-8-19-11(2)18;1-11-5-7-13(8-6-11)10-14-16(20)19-15(21-14)4-3-9-18-12(2)17;1-8-3-5-9(6-4-8)7-10-11(17)16-12(18-10)13(2,14)15;1-8-3-5-10(6-4-8)7-11-12(16)15-13(17-11)9(2)14/h3-6,9,13,16H,7-8H2,1-2H3,(H2,18,19)(H,20,21);5-8,10,15H,3-4,9H2,1-2H3,(H2,17,18)(H,19,20);3-7,12H,1-2H3,(H,16,17);3-7,9,13H,1-2H3,(H,15,16)/b14-9-;14-10-;10-7-;11-7-. The van der Waals surface area contributed by atoms with Gasteiger partial charge in [0.15, 0.2) is 46.1 Å². The number of nitrogens with two attached hydrogens (primary N) is 2. The van der Waals surface area contributed by atoms with Gasteiger partial charge >= 0.3 is 0 Å². The Hall–Kier alpha value is -6.98. The largest absolute Gasteiger partial charge is 0.465 e. The van der Waals surface area contributed by atoms with E-state index in [9.17, 15) is 19.2 Å². The Morgan fingerprint density at radius 1 is 0.551 bits per heavy atom. The van der Waals surface area contributed by atoms with Gasteiger partial charge in [0.25, 0.3) is 23.6 Å². The van der Waals surface area contributed by atoms with Crippen molar-refractivity contribution in [2.24, 2.45) is 21.5 Å². The summed E-state index contributed by atoms with van der Waals surface area (Å²) in [5.41, 5.74) is 19.3. The van der Waals surface area contributed by atoms with Crippen LogP contribution in [0.3, 0.4) is 0 Å². The third-order valence-electron chi connectivity index (χ3n) is 11.5. The van der Waals surface area contributed by atoms with Gasteiger partial charge < -0.3 is 51.7 Å². The van der Waals surface area contributed by atoms with Gasteiger partial charge in [0.05, 0.1) is 22.4 Å². The summed E-state index contributed by atoms with van der Waals surface area (Å²) in [6.45, 7) is 16.0. The zero-order valence-corrected chi connectivity index (χ0v) is 47.9. The number of aryl methyl sites for hydroxylation is 4. The second kappa shape index (κ2) is 29.7. The molecule has 6 atom stereocenters. The number of carbonyl (C=O) groups excluding carboxylic acids is 4. The number of benzene rings is 4. The summed E-state index contributed by atoms with van der Waals surface area (Å²) < 4.78 is 20.9. The maximum absolute atomic E-state index is 11.9. The zero-order valence-electron chi connectivity index (χ0n) is 44.9. The van der Waals surface area contributed by atoms with E-state index in [0.717, 1.165) is 39.8 Å². The second-order valence-corrected chi connectivity index (χ2v) is 21.9. The summed E-state index contributed by atoms with van der Waals surface area (Å²) in [7, 11) is 0. The van der Waals surface area contributed by atoms with Crippen LogP contribution in [0.5, 0.6) is 0 Å². The van der Waals surface area contributed by atoms with Gasteiger partial charge in [-0.05, 0) is 115 Å². The molecular weight excluding hydrogens is 1080 g/mol. The minimum absolute atomic E-state index is 0.168. The number of halogens is 4. The highest BCUT2D eigenvalue weighted by molar-refractivity contribution is 6.48. The lowest BCUT2D eigenvalue weighted by Crippen LogP contribution is -2.39. The average molecular weight is 1150 g/mol. The van der Waals surface area contributed by atoms with Crippen molar-refractivity contribution in [3.05, 3.63) is 165 Å². The monoisotopic (exact) mass is 1140 g/mol. The first kappa shape index (κ1) is 61.9. The van der Waals surface area contributed by atoms with Gasteiger partial charge in [-0.15, -0.1) is 23.2 Å². The Kier molecular flexibility index (Phi) is 23.5. The van der Waals surface area contributed by atoms with Crippen LogP contribution >= 0.6 is 46.4 Å². The molecule has 0 radical (unpaired) electrons. The molecule has 20 heteroatoms. The lowest BCUT2D eigenvalue weighted by atomic mass is 10.1. The molecule has 4 fully saturated rings. The van der Waals surface area contributed by atoms with Crippen molar-refractivity contribution < 1.29 is 38.1 Å². The van der Waals surface area contributed by atoms with E-state index in [2.05, 4.69) is 31.3 Å². The first-order valence-electron chi connectivity index (χ1n) is 25.1. The fraction of sp³-hybridized carbons (Fsp3) is 0.345. The first-order valence-corrected chi connectivity index (χ1v) is 26.8. The molecule has 8 N–H and O–H groups in total. The Morgan fingerprint density at radius 3 is 1.27 bits per heavy atom. The number of nitrogens with zero attached hydrogens (tertiary/aromatic N) is 2. The molecule has 4 aliphatic rings. The third-order valence-corrected chi connectivity index (χ3v) is 12.5. The molecule has 4 heterocycles. The van der Waals surface area contributed by atoms with E-state index in [1.54, 1.807) is 52.0 Å². The van der Waals surface area contributed by atoms with Crippen molar-refractivity contribution in [2.45, 2.75) is 115 Å². The van der Waals surface area contributed by atoms with Crippen LogP contribution in [0.1, 0.15) is 91.5 Å². The summed E-state index contributed by atoms with van der Waals surface area (Å²) >= 11 is 23.9. The molecular formula is C58H68Cl4N8O8. The Balaban J connectivity index is 0.000000192. The van der Waals surface area contributed by atoms with Gasteiger partial charge in [-0.25, -0.2) is 0 Å². The summed E-state index contributed by atoms with van der Waals surface area (Å²) in [6, 6.07) is 31.4. The van der Waals surface area contributed by atoms with E-state index < -0.39 is 23.0 Å². The zero-order chi connectivity index (χ0) is 57.1. The maximum atomic E-state index is 11.9. The lowest BCUT2D eigenvalue weighted by molar-refractivity contribution is -0.117. The molecule has 6 unspecified atom stereocenters. The van der Waals surface area contributed by atoms with E-state index in [1.165, 1.54) is 11.1 Å². The number of carbonyl (C=O) groups is 4. The predicted molar refractivity (Wildman–Crippen MR) is 312 cm³/mol. The van der Waals surface area contributed by atoms with Crippen molar-refractivity contribution in [1.82, 2.24) is 21.3 Å². The number of nitrogens with one attached hydrogen (secondary N) is 4. The minimum Gasteiger partial charge on any atom is -0.465 e. The van der Waals surface area contributed by atoms with Crippen molar-refractivity contribution in [1.29, 1.82) is 0 Å². The number of hydrogen-bond donors (Lipinski definition) is 6. The van der Waals surface area contributed by atoms with E-state index in [0.29, 0.717) is 49.1 Å². The fourth-order valence-corrected chi connectivity index (χ4v) is 7.65. The fourth-order valence-electron chi connectivity index (χ4n) is 7.13. The molecule has 4 saturated heterocycles. The van der Waals surface area contributed by atoms with Crippen molar-refractivity contribution in [3.63, 3.8) is 0 Å². The number of alkyl halides is 4. The van der Waals surface area contributed by atoms with Crippen LogP contribution in [0, 0.1) is 27.7 Å². The van der Waals surface area contributed by atoms with Crippen LogP contribution in [0.2, 0.25) is 0 Å². The van der Waals surface area contributed by atoms with Crippen LogP contribution in [0.15, 0.2) is 130 Å². The highest BCUT2D eigenvalue weighted by Gasteiger charge is 2.40. The van der Waals surface area contributed by atoms with Crippen molar-refractivity contribution >= 4 is 106 Å². The van der Waals surface area contributed by atoms with Crippen molar-refractivity contribution in [3.8, 4) is 0 Å². The number of amides is 4. The van der Waals surface area contributed by atoms with Gasteiger partial charge in [-0.3, -0.25) is 29.2 Å². The molecule has 4 amide bonds. The average Bonchev–Trinajstić information content (AvgIpc) is 4.17. The van der Waals surface area contributed by atoms with Crippen LogP contribution < -0.4 is 32.7 Å². The van der Waals surface area contributed by atoms with Crippen LogP contribution in [0.25, 0.3) is 24.3 Å².